The van der Waals surface area contributed by atoms with Gasteiger partial charge < -0.3 is 25.8 Å². The number of carbonyl (C=O) groups excluding carboxylic acids is 2. The van der Waals surface area contributed by atoms with E-state index in [1.807, 2.05) is 32.2 Å². The van der Waals surface area contributed by atoms with Crippen molar-refractivity contribution in [2.75, 3.05) is 18.6 Å². The summed E-state index contributed by atoms with van der Waals surface area (Å²) in [5, 5.41) is 5.36. The van der Waals surface area contributed by atoms with Gasteiger partial charge in [0.15, 0.2) is 0 Å². The minimum absolute atomic E-state index is 0.139. The highest BCUT2D eigenvalue weighted by Gasteiger charge is 2.23. The molecule has 0 aromatic heterocycles. The van der Waals surface area contributed by atoms with E-state index in [-0.39, 0.29) is 18.6 Å². The number of benzene rings is 1. The minimum atomic E-state index is -0.707. The molecular formula is C18H27N3O4S. The lowest BCUT2D eigenvalue weighted by atomic mass is 10.1. The first-order valence-corrected chi connectivity index (χ1v) is 10.1. The lowest BCUT2D eigenvalue weighted by Gasteiger charge is -2.18. The fourth-order valence-corrected chi connectivity index (χ4v) is 3.36. The van der Waals surface area contributed by atoms with Gasteiger partial charge >= 0.3 is 6.03 Å². The van der Waals surface area contributed by atoms with Gasteiger partial charge in [0.25, 0.3) is 0 Å². The molecule has 7 nitrogen and oxygen atoms in total. The van der Waals surface area contributed by atoms with E-state index in [1.165, 1.54) is 0 Å². The van der Waals surface area contributed by atoms with Gasteiger partial charge in [-0.3, -0.25) is 4.79 Å². The van der Waals surface area contributed by atoms with Crippen molar-refractivity contribution in [3.8, 4) is 11.5 Å². The second-order valence-electron chi connectivity index (χ2n) is 6.19. The normalized spacial score (nSPS) is 16.3. The summed E-state index contributed by atoms with van der Waals surface area (Å²) in [4.78, 5) is 23.6. The van der Waals surface area contributed by atoms with Crippen molar-refractivity contribution in [2.45, 2.75) is 45.4 Å². The van der Waals surface area contributed by atoms with Gasteiger partial charge in [-0.05, 0) is 44.4 Å². The van der Waals surface area contributed by atoms with Gasteiger partial charge in [0.2, 0.25) is 5.91 Å². The topological polar surface area (TPSA) is 103 Å². The molecule has 1 aliphatic heterocycles. The standard InChI is InChI=1S/C18H27N3O4S/c1-4-24-15-8-12-7-11(2)25-16(12)9-13(15)10-20-17(22)14(5-6-26-3)21-18(19)23/h8-9,11,14H,4-7,10H2,1-3H3,(H,20,22)(H3,19,21,23)/t11-,14+/m0/s1. The van der Waals surface area contributed by atoms with Crippen LogP contribution < -0.4 is 25.8 Å². The van der Waals surface area contributed by atoms with E-state index in [4.69, 9.17) is 15.2 Å². The zero-order valence-corrected chi connectivity index (χ0v) is 16.3. The molecule has 0 spiro atoms. The fourth-order valence-electron chi connectivity index (χ4n) is 2.89. The maximum absolute atomic E-state index is 12.5. The summed E-state index contributed by atoms with van der Waals surface area (Å²) in [6.45, 7) is 4.77. The van der Waals surface area contributed by atoms with E-state index >= 15 is 0 Å². The Bertz CT molecular complexity index is 654. The van der Waals surface area contributed by atoms with Gasteiger partial charge in [-0.15, -0.1) is 0 Å². The number of carbonyl (C=O) groups is 2. The van der Waals surface area contributed by atoms with Gasteiger partial charge in [-0.25, -0.2) is 4.79 Å². The van der Waals surface area contributed by atoms with E-state index in [9.17, 15) is 9.59 Å². The zero-order valence-electron chi connectivity index (χ0n) is 15.5. The number of rotatable bonds is 9. The average Bonchev–Trinajstić information content (AvgIpc) is 2.95. The Labute approximate surface area is 158 Å². The van der Waals surface area contributed by atoms with Crippen molar-refractivity contribution in [2.24, 2.45) is 5.73 Å². The molecule has 144 valence electrons. The van der Waals surface area contributed by atoms with Crippen molar-refractivity contribution >= 4 is 23.7 Å². The molecule has 0 radical (unpaired) electrons. The van der Waals surface area contributed by atoms with Crippen molar-refractivity contribution in [3.05, 3.63) is 23.3 Å². The lowest BCUT2D eigenvalue weighted by Crippen LogP contribution is -2.48. The van der Waals surface area contributed by atoms with Gasteiger partial charge in [0, 0.05) is 24.1 Å². The predicted molar refractivity (Wildman–Crippen MR) is 103 cm³/mol. The summed E-state index contributed by atoms with van der Waals surface area (Å²) in [5.74, 6) is 2.05. The Balaban J connectivity index is 2.08. The van der Waals surface area contributed by atoms with Crippen LogP contribution in [0.15, 0.2) is 12.1 Å². The maximum atomic E-state index is 12.5. The van der Waals surface area contributed by atoms with E-state index < -0.39 is 12.1 Å². The Morgan fingerprint density at radius 3 is 2.88 bits per heavy atom. The molecule has 3 amide bonds. The van der Waals surface area contributed by atoms with Gasteiger partial charge in [-0.1, -0.05) is 0 Å². The predicted octanol–water partition coefficient (Wildman–Crippen LogP) is 1.81. The third-order valence-corrected chi connectivity index (χ3v) is 4.72. The summed E-state index contributed by atoms with van der Waals surface area (Å²) in [7, 11) is 0. The van der Waals surface area contributed by atoms with Crippen molar-refractivity contribution in [3.63, 3.8) is 0 Å². The third-order valence-electron chi connectivity index (χ3n) is 4.08. The summed E-state index contributed by atoms with van der Waals surface area (Å²) in [6, 6.07) is 2.54. The molecule has 1 aromatic carbocycles. The lowest BCUT2D eigenvalue weighted by molar-refractivity contribution is -0.123. The molecule has 2 atom stereocenters. The molecule has 0 unspecified atom stereocenters. The highest BCUT2D eigenvalue weighted by atomic mass is 32.2. The smallest absolute Gasteiger partial charge is 0.312 e. The number of fused-ring (bicyclic) bond motifs is 1. The largest absolute Gasteiger partial charge is 0.494 e. The summed E-state index contributed by atoms with van der Waals surface area (Å²) >= 11 is 1.60. The van der Waals surface area contributed by atoms with Crippen molar-refractivity contribution in [1.82, 2.24) is 10.6 Å². The highest BCUT2D eigenvalue weighted by Crippen LogP contribution is 2.35. The summed E-state index contributed by atoms with van der Waals surface area (Å²) in [5.41, 5.74) is 7.13. The molecule has 1 aliphatic rings. The average molecular weight is 381 g/mol. The van der Waals surface area contributed by atoms with Gasteiger partial charge in [0.1, 0.15) is 23.6 Å². The third kappa shape index (κ3) is 5.45. The van der Waals surface area contributed by atoms with Crippen LogP contribution in [-0.2, 0) is 17.8 Å². The molecule has 2 rings (SSSR count). The Hall–Kier alpha value is -2.09. The summed E-state index contributed by atoms with van der Waals surface area (Å²) in [6.07, 6.45) is 3.44. The monoisotopic (exact) mass is 381 g/mol. The molecule has 0 aliphatic carbocycles. The Kier molecular flexibility index (Phi) is 7.44. The Morgan fingerprint density at radius 2 is 2.23 bits per heavy atom. The van der Waals surface area contributed by atoms with Crippen LogP contribution in [0.1, 0.15) is 31.4 Å². The molecule has 8 heteroatoms. The second kappa shape index (κ2) is 9.56. The van der Waals surface area contributed by atoms with Crippen LogP contribution >= 0.6 is 11.8 Å². The molecule has 0 saturated heterocycles. The Morgan fingerprint density at radius 1 is 1.46 bits per heavy atom. The quantitative estimate of drug-likeness (QED) is 0.605. The zero-order chi connectivity index (χ0) is 19.1. The van der Waals surface area contributed by atoms with E-state index in [2.05, 4.69) is 10.6 Å². The molecule has 1 aromatic rings. The number of nitrogens with two attached hydrogens (primary N) is 1. The number of ether oxygens (including phenoxy) is 2. The first kappa shape index (κ1) is 20.2. The molecule has 26 heavy (non-hydrogen) atoms. The van der Waals surface area contributed by atoms with Crippen LogP contribution in [0.3, 0.4) is 0 Å². The fraction of sp³-hybridized carbons (Fsp3) is 0.556. The van der Waals surface area contributed by atoms with Gasteiger partial charge in [0.05, 0.1) is 6.61 Å². The number of thioether (sulfide) groups is 1. The SMILES string of the molecule is CCOc1cc2c(cc1CNC(=O)[C@@H](CCSC)NC(N)=O)O[C@@H](C)C2. The van der Waals surface area contributed by atoms with E-state index in [0.29, 0.717) is 13.0 Å². The second-order valence-corrected chi connectivity index (χ2v) is 7.18. The van der Waals surface area contributed by atoms with Crippen LogP contribution in [0.4, 0.5) is 4.79 Å². The van der Waals surface area contributed by atoms with E-state index in [0.717, 1.165) is 34.8 Å². The summed E-state index contributed by atoms with van der Waals surface area (Å²) < 4.78 is 11.5. The number of urea groups is 1. The van der Waals surface area contributed by atoms with Crippen LogP contribution in [0, 0.1) is 0 Å². The molecule has 0 saturated carbocycles. The number of hydrogen-bond donors (Lipinski definition) is 3. The molecule has 0 fully saturated rings. The van der Waals surface area contributed by atoms with Crippen LogP contribution in [0.5, 0.6) is 11.5 Å². The number of hydrogen-bond acceptors (Lipinski definition) is 5. The van der Waals surface area contributed by atoms with E-state index in [1.54, 1.807) is 11.8 Å². The van der Waals surface area contributed by atoms with Crippen LogP contribution in [0.2, 0.25) is 0 Å². The first-order valence-electron chi connectivity index (χ1n) is 8.72. The minimum Gasteiger partial charge on any atom is -0.494 e. The molecule has 4 N–H and O–H groups in total. The number of nitrogens with one attached hydrogen (secondary N) is 2. The highest BCUT2D eigenvalue weighted by molar-refractivity contribution is 7.98. The molecular weight excluding hydrogens is 354 g/mol. The molecule has 1 heterocycles. The number of amides is 3. The maximum Gasteiger partial charge on any atom is 0.312 e. The van der Waals surface area contributed by atoms with Crippen molar-refractivity contribution in [1.29, 1.82) is 0 Å². The number of primary amides is 1. The molecule has 0 bridgehead atoms. The van der Waals surface area contributed by atoms with Crippen LogP contribution in [0.25, 0.3) is 0 Å². The first-order chi connectivity index (χ1) is 12.4. The van der Waals surface area contributed by atoms with Crippen molar-refractivity contribution < 1.29 is 19.1 Å². The van der Waals surface area contributed by atoms with Crippen LogP contribution in [-0.4, -0.2) is 42.7 Å². The van der Waals surface area contributed by atoms with Gasteiger partial charge in [-0.2, -0.15) is 11.8 Å².